The number of halogens is 12. The van der Waals surface area contributed by atoms with Crippen molar-refractivity contribution in [2.45, 2.75) is 37.8 Å². The van der Waals surface area contributed by atoms with E-state index in [1.807, 2.05) is 0 Å². The van der Waals surface area contributed by atoms with E-state index in [2.05, 4.69) is 0 Å². The van der Waals surface area contributed by atoms with Crippen molar-refractivity contribution in [3.05, 3.63) is 98.3 Å². The Kier molecular flexibility index (Phi) is 8.04. The lowest BCUT2D eigenvalue weighted by Gasteiger charge is -2.26. The maximum Gasteiger partial charge on any atom is 0.416 e. The molecule has 1 aliphatic rings. The first-order valence-electron chi connectivity index (χ1n) is 13.2. The molecule has 2 heterocycles. The van der Waals surface area contributed by atoms with Gasteiger partial charge in [0.25, 0.3) is 11.5 Å². The number of para-hydroxylation sites is 1. The highest BCUT2D eigenvalue weighted by molar-refractivity contribution is 6.10. The van der Waals surface area contributed by atoms with Crippen molar-refractivity contribution < 1.29 is 62.2 Å². The van der Waals surface area contributed by atoms with E-state index in [9.17, 15) is 62.3 Å². The van der Waals surface area contributed by atoms with Crippen molar-refractivity contribution in [1.82, 2.24) is 9.47 Å². The number of hydrogen-bond donors (Lipinski definition) is 0. The molecule has 0 bridgehead atoms. The third-order valence-corrected chi connectivity index (χ3v) is 7.32. The average Bonchev–Trinajstić information content (AvgIpc) is 2.96. The van der Waals surface area contributed by atoms with Gasteiger partial charge in [0.15, 0.2) is 0 Å². The van der Waals surface area contributed by atoms with E-state index in [0.717, 1.165) is 11.6 Å². The second-order valence-corrected chi connectivity index (χ2v) is 10.6. The number of alkyl halides is 12. The quantitative estimate of drug-likeness (QED) is 0.203. The Morgan fingerprint density at radius 1 is 0.766 bits per heavy atom. The Hall–Kier alpha value is -4.70. The van der Waals surface area contributed by atoms with Crippen molar-refractivity contribution in [2.24, 2.45) is 0 Å². The minimum atomic E-state index is -5.32. The van der Waals surface area contributed by atoms with E-state index in [1.165, 1.54) is 18.2 Å². The van der Waals surface area contributed by atoms with Crippen molar-refractivity contribution in [2.75, 3.05) is 13.7 Å². The van der Waals surface area contributed by atoms with Crippen molar-refractivity contribution in [1.29, 1.82) is 0 Å². The molecule has 1 amide bonds. The van der Waals surface area contributed by atoms with Gasteiger partial charge in [-0.1, -0.05) is 12.1 Å². The Morgan fingerprint density at radius 2 is 1.26 bits per heavy atom. The van der Waals surface area contributed by atoms with Crippen LogP contribution in [0.3, 0.4) is 0 Å². The van der Waals surface area contributed by atoms with Crippen LogP contribution in [-0.4, -0.2) is 29.0 Å². The summed E-state index contributed by atoms with van der Waals surface area (Å²) in [7, 11) is 0.895. The second kappa shape index (κ2) is 11.2. The second-order valence-electron chi connectivity index (χ2n) is 10.6. The SMILES string of the molecule is CN(Cc1cc(C(F)(F)F)cc(C(F)(F)F)c1)C(=O)c1c(-c2cc(C(F)(F)F)cc(C(F)(F)F)c2)c2cccc3c2n(c1=O)CCO3. The summed E-state index contributed by atoms with van der Waals surface area (Å²) in [6.45, 7) is -1.31. The molecule has 0 spiro atoms. The fourth-order valence-corrected chi connectivity index (χ4v) is 5.30. The molecule has 47 heavy (non-hydrogen) atoms. The van der Waals surface area contributed by atoms with Crippen LogP contribution in [0.15, 0.2) is 59.4 Å². The van der Waals surface area contributed by atoms with E-state index in [0.29, 0.717) is 29.2 Å². The summed E-state index contributed by atoms with van der Waals surface area (Å²) < 4.78 is 170. The van der Waals surface area contributed by atoms with Gasteiger partial charge in [0.1, 0.15) is 17.9 Å². The number of amides is 1. The van der Waals surface area contributed by atoms with Gasteiger partial charge in [-0.3, -0.25) is 9.59 Å². The molecule has 0 aliphatic carbocycles. The molecule has 5 rings (SSSR count). The van der Waals surface area contributed by atoms with Crippen LogP contribution in [0.5, 0.6) is 5.75 Å². The molecule has 0 saturated heterocycles. The molecule has 0 saturated carbocycles. The smallest absolute Gasteiger partial charge is 0.416 e. The molecule has 250 valence electrons. The van der Waals surface area contributed by atoms with Gasteiger partial charge in [-0.05, 0) is 53.6 Å². The molecule has 0 atom stereocenters. The van der Waals surface area contributed by atoms with Crippen LogP contribution in [0.4, 0.5) is 52.7 Å². The van der Waals surface area contributed by atoms with Gasteiger partial charge >= 0.3 is 24.7 Å². The number of ether oxygens (including phenoxy) is 1. The van der Waals surface area contributed by atoms with E-state index in [-0.39, 0.29) is 41.9 Å². The largest absolute Gasteiger partial charge is 0.490 e. The summed E-state index contributed by atoms with van der Waals surface area (Å²) in [5, 5.41) is -0.176. The van der Waals surface area contributed by atoms with Crippen LogP contribution in [0.1, 0.15) is 38.2 Å². The fraction of sp³-hybridized carbons (Fsp3) is 0.267. The summed E-state index contributed by atoms with van der Waals surface area (Å²) in [4.78, 5) is 28.3. The topological polar surface area (TPSA) is 51.5 Å². The minimum absolute atomic E-state index is 0.0196. The van der Waals surface area contributed by atoms with Gasteiger partial charge < -0.3 is 14.2 Å². The third-order valence-electron chi connectivity index (χ3n) is 7.32. The summed E-state index contributed by atoms with van der Waals surface area (Å²) in [5.74, 6) is -1.38. The highest BCUT2D eigenvalue weighted by atomic mass is 19.4. The van der Waals surface area contributed by atoms with E-state index >= 15 is 0 Å². The van der Waals surface area contributed by atoms with Gasteiger partial charge in [-0.15, -0.1) is 0 Å². The van der Waals surface area contributed by atoms with E-state index in [1.54, 1.807) is 0 Å². The molecular formula is C30H18F12N2O3. The summed E-state index contributed by atoms with van der Waals surface area (Å²) in [6.07, 6.45) is -21.1. The van der Waals surface area contributed by atoms with Crippen molar-refractivity contribution in [3.8, 4) is 16.9 Å². The number of carbonyl (C=O) groups is 1. The molecule has 5 nitrogen and oxygen atoms in total. The Balaban J connectivity index is 1.76. The number of hydrogen-bond acceptors (Lipinski definition) is 3. The number of benzene rings is 3. The van der Waals surface area contributed by atoms with Crippen molar-refractivity contribution in [3.63, 3.8) is 0 Å². The molecule has 3 aromatic carbocycles. The normalized spacial score (nSPS) is 13.9. The van der Waals surface area contributed by atoms with Crippen LogP contribution < -0.4 is 10.3 Å². The summed E-state index contributed by atoms with van der Waals surface area (Å²) in [5.41, 5.74) is -11.4. The number of aromatic nitrogens is 1. The summed E-state index contributed by atoms with van der Waals surface area (Å²) in [6, 6.07) is 4.85. The zero-order valence-electron chi connectivity index (χ0n) is 23.5. The lowest BCUT2D eigenvalue weighted by molar-refractivity contribution is -0.144. The molecule has 1 aliphatic heterocycles. The third kappa shape index (κ3) is 6.47. The maximum atomic E-state index is 13.9. The van der Waals surface area contributed by atoms with E-state index in [4.69, 9.17) is 4.74 Å². The summed E-state index contributed by atoms with van der Waals surface area (Å²) >= 11 is 0. The zero-order valence-corrected chi connectivity index (χ0v) is 23.5. The van der Waals surface area contributed by atoms with Gasteiger partial charge in [0, 0.05) is 24.5 Å². The number of nitrogens with zero attached hydrogens (tertiary/aromatic N) is 2. The van der Waals surface area contributed by atoms with Gasteiger partial charge in [-0.25, -0.2) is 0 Å². The van der Waals surface area contributed by atoms with E-state index < -0.39 is 87.2 Å². The highest BCUT2D eigenvalue weighted by Crippen LogP contribution is 2.43. The van der Waals surface area contributed by atoms with Crippen LogP contribution in [0.25, 0.3) is 22.0 Å². The van der Waals surface area contributed by atoms with Crippen LogP contribution in [-0.2, 0) is 37.8 Å². The zero-order chi connectivity index (χ0) is 34.9. The Labute approximate surface area is 255 Å². The molecule has 0 N–H and O–H groups in total. The fourth-order valence-electron chi connectivity index (χ4n) is 5.30. The minimum Gasteiger partial charge on any atom is -0.490 e. The monoisotopic (exact) mass is 682 g/mol. The van der Waals surface area contributed by atoms with Crippen LogP contribution in [0.2, 0.25) is 0 Å². The molecule has 0 fully saturated rings. The first-order chi connectivity index (χ1) is 21.6. The first kappa shape index (κ1) is 33.7. The van der Waals surface area contributed by atoms with Crippen LogP contribution >= 0.6 is 0 Å². The van der Waals surface area contributed by atoms with Crippen molar-refractivity contribution >= 4 is 16.8 Å². The predicted molar refractivity (Wildman–Crippen MR) is 141 cm³/mol. The molecule has 0 unspecified atom stereocenters. The molecular weight excluding hydrogens is 664 g/mol. The standard InChI is InChI=1S/C30H18F12N2O3/c1-43(13-14-7-16(27(31,32)33)11-17(8-14)28(34,35)36)25(45)23-22(15-9-18(29(37,38)39)12-19(10-15)30(40,41)42)20-3-2-4-21-24(20)44(26(23)46)5-6-47-21/h2-4,7-12H,5-6,13H2,1H3. The lowest BCUT2D eigenvalue weighted by atomic mass is 9.91. The molecule has 4 aromatic rings. The lowest BCUT2D eigenvalue weighted by Crippen LogP contribution is -2.37. The number of pyridine rings is 1. The molecule has 1 aromatic heterocycles. The first-order valence-corrected chi connectivity index (χ1v) is 13.2. The Morgan fingerprint density at radius 3 is 1.74 bits per heavy atom. The maximum absolute atomic E-state index is 13.9. The van der Waals surface area contributed by atoms with Gasteiger partial charge in [-0.2, -0.15) is 52.7 Å². The predicted octanol–water partition coefficient (Wildman–Crippen LogP) is 8.41. The highest BCUT2D eigenvalue weighted by Gasteiger charge is 2.39. The van der Waals surface area contributed by atoms with Crippen LogP contribution in [0, 0.1) is 0 Å². The number of carbonyl (C=O) groups excluding carboxylic acids is 1. The van der Waals surface area contributed by atoms with Gasteiger partial charge in [0.2, 0.25) is 0 Å². The Bertz CT molecular complexity index is 1890. The van der Waals surface area contributed by atoms with Gasteiger partial charge in [0.05, 0.1) is 34.3 Å². The molecule has 0 radical (unpaired) electrons. The average molecular weight is 682 g/mol. The molecule has 17 heteroatoms. The number of rotatable bonds is 4.